The molecule has 0 amide bonds. The minimum atomic E-state index is -0.320. The van der Waals surface area contributed by atoms with Gasteiger partial charge in [-0.2, -0.15) is 0 Å². The van der Waals surface area contributed by atoms with Crippen molar-refractivity contribution < 1.29 is 9.13 Å². The summed E-state index contributed by atoms with van der Waals surface area (Å²) in [7, 11) is 5.99. The Morgan fingerprint density at radius 2 is 1.87 bits per heavy atom. The molecule has 120 valence electrons. The van der Waals surface area contributed by atoms with Gasteiger partial charge in [-0.1, -0.05) is 30.3 Å². The molecule has 1 aromatic heterocycles. The summed E-state index contributed by atoms with van der Waals surface area (Å²) in [6, 6.07) is 13.1. The number of hydrogen-bond donors (Lipinski definition) is 0. The van der Waals surface area contributed by atoms with Gasteiger partial charge in [0.05, 0.1) is 5.52 Å². The molecule has 23 heavy (non-hydrogen) atoms. The molecule has 0 fully saturated rings. The van der Waals surface area contributed by atoms with Gasteiger partial charge in [-0.15, -0.1) is 0 Å². The molecular weight excluding hydrogens is 291 g/mol. The first-order valence-electron chi connectivity index (χ1n) is 7.63. The van der Waals surface area contributed by atoms with Gasteiger partial charge in [0.2, 0.25) is 0 Å². The highest BCUT2D eigenvalue weighted by Crippen LogP contribution is 2.29. The molecular formula is C19H21FN2O. The van der Waals surface area contributed by atoms with Crippen LogP contribution in [0.3, 0.4) is 0 Å². The highest BCUT2D eigenvalue weighted by Gasteiger charge is 2.13. The minimum Gasteiger partial charge on any atom is -0.486 e. The second-order valence-corrected chi connectivity index (χ2v) is 6.08. The molecule has 0 N–H and O–H groups in total. The highest BCUT2D eigenvalue weighted by atomic mass is 19.1. The largest absolute Gasteiger partial charge is 0.486 e. The van der Waals surface area contributed by atoms with Gasteiger partial charge in [-0.25, -0.2) is 4.39 Å². The number of benzene rings is 2. The van der Waals surface area contributed by atoms with Crippen molar-refractivity contribution in [2.45, 2.75) is 13.2 Å². The third kappa shape index (κ3) is 3.37. The Labute approximate surface area is 135 Å². The summed E-state index contributed by atoms with van der Waals surface area (Å²) < 4.78 is 22.1. The van der Waals surface area contributed by atoms with Crippen LogP contribution in [0.1, 0.15) is 11.1 Å². The van der Waals surface area contributed by atoms with E-state index in [1.165, 1.54) is 0 Å². The molecule has 3 aromatic rings. The molecule has 0 saturated carbocycles. The van der Waals surface area contributed by atoms with E-state index in [4.69, 9.17) is 4.74 Å². The number of aromatic nitrogens is 1. The van der Waals surface area contributed by atoms with Crippen LogP contribution >= 0.6 is 0 Å². The maximum Gasteiger partial charge on any atom is 0.165 e. The van der Waals surface area contributed by atoms with Gasteiger partial charge in [-0.3, -0.25) is 0 Å². The van der Waals surface area contributed by atoms with Gasteiger partial charge in [-0.05, 0) is 31.3 Å². The monoisotopic (exact) mass is 312 g/mol. The Hall–Kier alpha value is -2.33. The van der Waals surface area contributed by atoms with E-state index in [9.17, 15) is 4.39 Å². The van der Waals surface area contributed by atoms with Gasteiger partial charge < -0.3 is 14.2 Å². The summed E-state index contributed by atoms with van der Waals surface area (Å²) in [5.74, 6) is -0.0291. The van der Waals surface area contributed by atoms with E-state index in [2.05, 4.69) is 4.90 Å². The summed E-state index contributed by atoms with van der Waals surface area (Å²) >= 11 is 0. The highest BCUT2D eigenvalue weighted by molar-refractivity contribution is 5.85. The number of nitrogens with zero attached hydrogens (tertiary/aromatic N) is 2. The van der Waals surface area contributed by atoms with E-state index in [1.54, 1.807) is 12.1 Å². The van der Waals surface area contributed by atoms with Crippen LogP contribution in [0.4, 0.5) is 4.39 Å². The molecule has 0 aliphatic heterocycles. The third-order valence-electron chi connectivity index (χ3n) is 3.85. The van der Waals surface area contributed by atoms with Gasteiger partial charge in [0.25, 0.3) is 0 Å². The summed E-state index contributed by atoms with van der Waals surface area (Å²) in [5, 5.41) is 0.936. The Morgan fingerprint density at radius 3 is 2.57 bits per heavy atom. The second kappa shape index (κ2) is 6.42. The van der Waals surface area contributed by atoms with Crippen LogP contribution in [0.2, 0.25) is 0 Å². The van der Waals surface area contributed by atoms with Crippen LogP contribution in [-0.4, -0.2) is 23.6 Å². The van der Waals surface area contributed by atoms with E-state index >= 15 is 0 Å². The fourth-order valence-corrected chi connectivity index (χ4v) is 2.78. The Kier molecular flexibility index (Phi) is 4.35. The molecule has 1 heterocycles. The van der Waals surface area contributed by atoms with E-state index in [1.807, 2.05) is 62.2 Å². The van der Waals surface area contributed by atoms with Crippen molar-refractivity contribution in [2.24, 2.45) is 7.05 Å². The standard InChI is InChI=1S/C19H21FN2O/c1-21(2)11-15-12-22(3)18-10-19(17(20)9-16(15)18)23-13-14-7-5-4-6-8-14/h4-10,12H,11,13H2,1-3H3. The minimum absolute atomic E-state index is 0.291. The number of fused-ring (bicyclic) bond motifs is 1. The quantitative estimate of drug-likeness (QED) is 0.709. The second-order valence-electron chi connectivity index (χ2n) is 6.08. The molecule has 0 radical (unpaired) electrons. The number of rotatable bonds is 5. The molecule has 0 aliphatic carbocycles. The molecule has 4 heteroatoms. The zero-order valence-corrected chi connectivity index (χ0v) is 13.7. The summed E-state index contributed by atoms with van der Waals surface area (Å²) in [4.78, 5) is 2.08. The molecule has 0 saturated heterocycles. The lowest BCUT2D eigenvalue weighted by Gasteiger charge is -2.10. The smallest absolute Gasteiger partial charge is 0.165 e. The van der Waals surface area contributed by atoms with Crippen LogP contribution < -0.4 is 4.74 Å². The van der Waals surface area contributed by atoms with Crippen LogP contribution in [-0.2, 0) is 20.2 Å². The zero-order valence-electron chi connectivity index (χ0n) is 13.7. The lowest BCUT2D eigenvalue weighted by atomic mass is 10.1. The zero-order chi connectivity index (χ0) is 16.4. The molecule has 0 spiro atoms. The SMILES string of the molecule is CN(C)Cc1cn(C)c2cc(OCc3ccccc3)c(F)cc12. The van der Waals surface area contributed by atoms with E-state index in [0.717, 1.165) is 28.6 Å². The van der Waals surface area contributed by atoms with E-state index < -0.39 is 0 Å². The number of aryl methyl sites for hydroxylation is 1. The molecule has 0 atom stereocenters. The van der Waals surface area contributed by atoms with Crippen LogP contribution in [0.15, 0.2) is 48.7 Å². The summed E-state index contributed by atoms with van der Waals surface area (Å²) in [6.45, 7) is 1.14. The Morgan fingerprint density at radius 1 is 1.13 bits per heavy atom. The number of hydrogen-bond acceptors (Lipinski definition) is 2. The van der Waals surface area contributed by atoms with Crippen molar-refractivity contribution in [3.63, 3.8) is 0 Å². The number of ether oxygens (including phenoxy) is 1. The van der Waals surface area contributed by atoms with Gasteiger partial charge in [0.15, 0.2) is 11.6 Å². The van der Waals surface area contributed by atoms with Crippen molar-refractivity contribution in [3.8, 4) is 5.75 Å². The van der Waals surface area contributed by atoms with Crippen molar-refractivity contribution in [2.75, 3.05) is 14.1 Å². The predicted molar refractivity (Wildman–Crippen MR) is 91.0 cm³/mol. The van der Waals surface area contributed by atoms with Crippen molar-refractivity contribution in [3.05, 3.63) is 65.6 Å². The predicted octanol–water partition coefficient (Wildman–Crippen LogP) is 3.96. The van der Waals surface area contributed by atoms with Crippen LogP contribution in [0.25, 0.3) is 10.9 Å². The van der Waals surface area contributed by atoms with Crippen LogP contribution in [0, 0.1) is 5.82 Å². The van der Waals surface area contributed by atoms with Crippen molar-refractivity contribution in [1.82, 2.24) is 9.47 Å². The Balaban J connectivity index is 1.90. The lowest BCUT2D eigenvalue weighted by Crippen LogP contribution is -2.10. The first-order chi connectivity index (χ1) is 11.0. The lowest BCUT2D eigenvalue weighted by molar-refractivity contribution is 0.291. The summed E-state index contributed by atoms with van der Waals surface area (Å²) in [6.07, 6.45) is 2.05. The molecule has 0 aliphatic rings. The van der Waals surface area contributed by atoms with Crippen molar-refractivity contribution >= 4 is 10.9 Å². The molecule has 0 bridgehead atoms. The number of halogens is 1. The first-order valence-corrected chi connectivity index (χ1v) is 7.63. The average molecular weight is 312 g/mol. The van der Waals surface area contributed by atoms with E-state index in [0.29, 0.717) is 12.4 Å². The maximum atomic E-state index is 14.4. The maximum absolute atomic E-state index is 14.4. The third-order valence-corrected chi connectivity index (χ3v) is 3.85. The first kappa shape index (κ1) is 15.6. The Bertz CT molecular complexity index is 809. The van der Waals surface area contributed by atoms with Crippen LogP contribution in [0.5, 0.6) is 5.75 Å². The molecule has 3 nitrogen and oxygen atoms in total. The van der Waals surface area contributed by atoms with Crippen molar-refractivity contribution in [1.29, 1.82) is 0 Å². The topological polar surface area (TPSA) is 17.4 Å². The average Bonchev–Trinajstić information content (AvgIpc) is 2.81. The van der Waals surface area contributed by atoms with Gasteiger partial charge in [0.1, 0.15) is 6.61 Å². The summed E-state index contributed by atoms with van der Waals surface area (Å²) in [5.41, 5.74) is 3.11. The van der Waals surface area contributed by atoms with Gasteiger partial charge in [0, 0.05) is 31.2 Å². The normalized spacial score (nSPS) is 11.3. The molecule has 2 aromatic carbocycles. The van der Waals surface area contributed by atoms with E-state index in [-0.39, 0.29) is 5.82 Å². The fraction of sp³-hybridized carbons (Fsp3) is 0.263. The molecule has 0 unspecified atom stereocenters. The van der Waals surface area contributed by atoms with Gasteiger partial charge >= 0.3 is 0 Å². The fourth-order valence-electron chi connectivity index (χ4n) is 2.78. The molecule has 3 rings (SSSR count).